The van der Waals surface area contributed by atoms with Crippen molar-refractivity contribution in [2.75, 3.05) is 14.1 Å². The molecule has 1 unspecified atom stereocenters. The van der Waals surface area contributed by atoms with Crippen LogP contribution in [0.3, 0.4) is 0 Å². The molecular formula is C9H17NO2S. The van der Waals surface area contributed by atoms with Crippen LogP contribution in [0.1, 0.15) is 20.8 Å². The van der Waals surface area contributed by atoms with Crippen LogP contribution in [0.4, 0.5) is 0 Å². The predicted octanol–water partition coefficient (Wildman–Crippen LogP) is 1.46. The van der Waals surface area contributed by atoms with Crippen LogP contribution in [-0.2, 0) is 9.53 Å². The van der Waals surface area contributed by atoms with Crippen LogP contribution in [0.2, 0.25) is 0 Å². The SMILES string of the molecule is CC(=O)C(OC(=S)N(C)C)C(C)C. The third-order valence-electron chi connectivity index (χ3n) is 1.60. The summed E-state index contributed by atoms with van der Waals surface area (Å²) in [6.07, 6.45) is -0.421. The molecule has 0 saturated heterocycles. The minimum Gasteiger partial charge on any atom is -0.459 e. The number of thiocarbonyl (C=S) groups is 1. The number of nitrogens with zero attached hydrogens (tertiary/aromatic N) is 1. The van der Waals surface area contributed by atoms with Gasteiger partial charge in [0.25, 0.3) is 5.17 Å². The number of carbonyl (C=O) groups excluding carboxylic acids is 1. The van der Waals surface area contributed by atoms with Crippen LogP contribution >= 0.6 is 12.2 Å². The van der Waals surface area contributed by atoms with E-state index in [1.54, 1.807) is 19.0 Å². The van der Waals surface area contributed by atoms with Gasteiger partial charge >= 0.3 is 0 Å². The molecule has 4 heteroatoms. The molecule has 1 atom stereocenters. The molecule has 0 N–H and O–H groups in total. The van der Waals surface area contributed by atoms with Crippen LogP contribution in [0.15, 0.2) is 0 Å². The molecule has 0 amide bonds. The van der Waals surface area contributed by atoms with E-state index < -0.39 is 6.10 Å². The summed E-state index contributed by atoms with van der Waals surface area (Å²) in [7, 11) is 3.58. The number of hydrogen-bond donors (Lipinski definition) is 0. The van der Waals surface area contributed by atoms with Crippen molar-refractivity contribution < 1.29 is 9.53 Å². The second kappa shape index (κ2) is 5.17. The zero-order chi connectivity index (χ0) is 10.6. The van der Waals surface area contributed by atoms with Crippen molar-refractivity contribution in [1.29, 1.82) is 0 Å². The number of carbonyl (C=O) groups is 1. The van der Waals surface area contributed by atoms with E-state index in [2.05, 4.69) is 0 Å². The normalized spacial score (nSPS) is 12.5. The van der Waals surface area contributed by atoms with Gasteiger partial charge in [-0.3, -0.25) is 4.79 Å². The van der Waals surface area contributed by atoms with E-state index in [9.17, 15) is 4.79 Å². The maximum atomic E-state index is 11.1. The van der Waals surface area contributed by atoms with Crippen molar-refractivity contribution in [3.63, 3.8) is 0 Å². The zero-order valence-electron chi connectivity index (χ0n) is 8.83. The minimum absolute atomic E-state index is 0.0131. The largest absolute Gasteiger partial charge is 0.459 e. The Morgan fingerprint density at radius 1 is 1.38 bits per heavy atom. The molecule has 0 heterocycles. The summed E-state index contributed by atoms with van der Waals surface area (Å²) >= 11 is 4.94. The van der Waals surface area contributed by atoms with E-state index in [4.69, 9.17) is 17.0 Å². The molecule has 0 radical (unpaired) electrons. The average molecular weight is 203 g/mol. The van der Waals surface area contributed by atoms with E-state index in [0.717, 1.165) is 0 Å². The van der Waals surface area contributed by atoms with E-state index in [0.29, 0.717) is 5.17 Å². The number of ketones is 1. The maximum absolute atomic E-state index is 11.1. The molecule has 0 fully saturated rings. The van der Waals surface area contributed by atoms with E-state index in [1.165, 1.54) is 6.92 Å². The Morgan fingerprint density at radius 2 is 1.85 bits per heavy atom. The average Bonchev–Trinajstić information content (AvgIpc) is 1.97. The van der Waals surface area contributed by atoms with Gasteiger partial charge in [-0.25, -0.2) is 0 Å². The van der Waals surface area contributed by atoms with Crippen LogP contribution in [-0.4, -0.2) is 36.1 Å². The lowest BCUT2D eigenvalue weighted by Crippen LogP contribution is -2.34. The van der Waals surface area contributed by atoms with E-state index >= 15 is 0 Å². The molecule has 0 aliphatic carbocycles. The van der Waals surface area contributed by atoms with Crippen molar-refractivity contribution >= 4 is 23.2 Å². The third-order valence-corrected chi connectivity index (χ3v) is 2.06. The summed E-state index contributed by atoms with van der Waals surface area (Å²) < 4.78 is 5.34. The van der Waals surface area contributed by atoms with Gasteiger partial charge in [0, 0.05) is 14.1 Å². The van der Waals surface area contributed by atoms with Crippen molar-refractivity contribution in [1.82, 2.24) is 4.90 Å². The molecule has 0 rings (SSSR count). The molecule has 0 aliphatic heterocycles. The van der Waals surface area contributed by atoms with Gasteiger partial charge in [-0.15, -0.1) is 0 Å². The van der Waals surface area contributed by atoms with Crippen molar-refractivity contribution in [2.24, 2.45) is 5.92 Å². The Labute approximate surface area is 85.1 Å². The Morgan fingerprint density at radius 3 is 2.08 bits per heavy atom. The molecule has 0 aromatic rings. The van der Waals surface area contributed by atoms with Crippen LogP contribution in [0.5, 0.6) is 0 Å². The number of hydrogen-bond acceptors (Lipinski definition) is 3. The quantitative estimate of drug-likeness (QED) is 0.650. The lowest BCUT2D eigenvalue weighted by Gasteiger charge is -2.23. The first-order valence-electron chi connectivity index (χ1n) is 4.24. The molecule has 76 valence electrons. The first kappa shape index (κ1) is 12.4. The van der Waals surface area contributed by atoms with Crippen molar-refractivity contribution in [3.8, 4) is 0 Å². The first-order valence-corrected chi connectivity index (χ1v) is 4.65. The molecule has 0 spiro atoms. The molecule has 0 saturated carbocycles. The number of Topliss-reactive ketones (excluding diaryl/α,β-unsaturated/α-hetero) is 1. The van der Waals surface area contributed by atoms with Gasteiger partial charge in [0.2, 0.25) is 0 Å². The fraction of sp³-hybridized carbons (Fsp3) is 0.778. The fourth-order valence-electron chi connectivity index (χ4n) is 0.903. The Bertz CT molecular complexity index is 202. The van der Waals surface area contributed by atoms with Crippen LogP contribution in [0.25, 0.3) is 0 Å². The molecule has 0 aromatic heterocycles. The van der Waals surface area contributed by atoms with Gasteiger partial charge in [0.15, 0.2) is 11.9 Å². The number of rotatable bonds is 3. The molecule has 0 bridgehead atoms. The second-order valence-corrected chi connectivity index (χ2v) is 3.90. The van der Waals surface area contributed by atoms with Gasteiger partial charge in [-0.1, -0.05) is 13.8 Å². The lowest BCUT2D eigenvalue weighted by molar-refractivity contribution is -0.126. The molecular weight excluding hydrogens is 186 g/mol. The molecule has 0 aliphatic rings. The Balaban J connectivity index is 4.27. The van der Waals surface area contributed by atoms with Gasteiger partial charge in [0.1, 0.15) is 0 Å². The zero-order valence-corrected chi connectivity index (χ0v) is 9.64. The summed E-state index contributed by atoms with van der Waals surface area (Å²) in [6, 6.07) is 0. The Hall–Kier alpha value is -0.640. The monoisotopic (exact) mass is 203 g/mol. The lowest BCUT2D eigenvalue weighted by atomic mass is 10.0. The minimum atomic E-state index is -0.421. The summed E-state index contributed by atoms with van der Waals surface area (Å²) in [6.45, 7) is 5.39. The predicted molar refractivity (Wildman–Crippen MR) is 56.7 cm³/mol. The van der Waals surface area contributed by atoms with Gasteiger partial charge in [-0.2, -0.15) is 0 Å². The third kappa shape index (κ3) is 4.22. The van der Waals surface area contributed by atoms with Crippen molar-refractivity contribution in [2.45, 2.75) is 26.9 Å². The smallest absolute Gasteiger partial charge is 0.259 e. The molecule has 13 heavy (non-hydrogen) atoms. The summed E-state index contributed by atoms with van der Waals surface area (Å²) in [5.74, 6) is 0.162. The van der Waals surface area contributed by atoms with E-state index in [1.807, 2.05) is 13.8 Å². The second-order valence-electron chi connectivity index (χ2n) is 3.55. The van der Waals surface area contributed by atoms with Gasteiger partial charge in [-0.05, 0) is 25.1 Å². The first-order chi connectivity index (χ1) is 5.86. The van der Waals surface area contributed by atoms with Crippen molar-refractivity contribution in [3.05, 3.63) is 0 Å². The summed E-state index contributed by atoms with van der Waals surface area (Å²) in [4.78, 5) is 12.8. The maximum Gasteiger partial charge on any atom is 0.259 e. The summed E-state index contributed by atoms with van der Waals surface area (Å²) in [5.41, 5.74) is 0. The van der Waals surface area contributed by atoms with Gasteiger partial charge < -0.3 is 9.64 Å². The Kier molecular flexibility index (Phi) is 4.91. The van der Waals surface area contributed by atoms with Crippen LogP contribution in [0, 0.1) is 5.92 Å². The summed E-state index contributed by atoms with van der Waals surface area (Å²) in [5, 5.41) is 0.355. The number of ether oxygens (including phenoxy) is 1. The van der Waals surface area contributed by atoms with Crippen LogP contribution < -0.4 is 0 Å². The van der Waals surface area contributed by atoms with E-state index in [-0.39, 0.29) is 11.7 Å². The topological polar surface area (TPSA) is 29.5 Å². The standard InChI is InChI=1S/C9H17NO2S/c1-6(2)8(7(3)11)12-9(13)10(4)5/h6,8H,1-5H3. The highest BCUT2D eigenvalue weighted by molar-refractivity contribution is 7.80. The highest BCUT2D eigenvalue weighted by Gasteiger charge is 2.21. The molecule has 3 nitrogen and oxygen atoms in total. The highest BCUT2D eigenvalue weighted by Crippen LogP contribution is 2.09. The van der Waals surface area contributed by atoms with Gasteiger partial charge in [0.05, 0.1) is 0 Å². The highest BCUT2D eigenvalue weighted by atomic mass is 32.1. The fourth-order valence-corrected chi connectivity index (χ4v) is 1.01. The molecule has 0 aromatic carbocycles.